The van der Waals surface area contributed by atoms with Crippen LogP contribution in [0.5, 0.6) is 5.75 Å². The molecule has 0 heterocycles. The molecule has 0 saturated carbocycles. The number of carbonyl (C=O) groups is 3. The topological polar surface area (TPSA) is 60.4 Å². The molecule has 4 heteroatoms. The number of carbonyl (C=O) groups excluding carboxylic acids is 3. The van der Waals surface area contributed by atoms with Gasteiger partial charge in [0.05, 0.1) is 6.42 Å². The van der Waals surface area contributed by atoms with Crippen LogP contribution in [0.3, 0.4) is 0 Å². The lowest BCUT2D eigenvalue weighted by molar-refractivity contribution is -0.132. The summed E-state index contributed by atoms with van der Waals surface area (Å²) in [6, 6.07) is 14.6. The first-order valence-corrected chi connectivity index (χ1v) is 9.69. The average molecular weight is 400 g/mol. The van der Waals surface area contributed by atoms with Gasteiger partial charge in [-0.1, -0.05) is 48.6 Å². The summed E-state index contributed by atoms with van der Waals surface area (Å²) < 4.78 is 4.95. The van der Waals surface area contributed by atoms with Gasteiger partial charge in [0, 0.05) is 13.3 Å². The third-order valence-corrected chi connectivity index (χ3v) is 4.18. The van der Waals surface area contributed by atoms with Crippen LogP contribution in [0.4, 0.5) is 0 Å². The molecule has 0 atom stereocenters. The zero-order valence-electron chi connectivity index (χ0n) is 17.0. The number of benzene rings is 2. The van der Waals surface area contributed by atoms with Crippen molar-refractivity contribution in [1.82, 2.24) is 0 Å². The second kappa shape index (κ2) is 12.0. The van der Waals surface area contributed by atoms with Crippen LogP contribution in [0.1, 0.15) is 42.9 Å². The van der Waals surface area contributed by atoms with Crippen LogP contribution in [-0.4, -0.2) is 17.5 Å². The molecule has 2 aromatic carbocycles. The first-order chi connectivity index (χ1) is 14.5. The zero-order valence-corrected chi connectivity index (χ0v) is 17.0. The Kier molecular flexibility index (Phi) is 9.02. The number of allylic oxidation sites excluding steroid dienone is 2. The van der Waals surface area contributed by atoms with Crippen LogP contribution >= 0.6 is 0 Å². The Morgan fingerprint density at radius 2 is 1.43 bits per heavy atom. The number of terminal acetylenes is 1. The summed E-state index contributed by atoms with van der Waals surface area (Å²) in [5.74, 6) is 2.13. The van der Waals surface area contributed by atoms with Crippen LogP contribution in [-0.2, 0) is 20.8 Å². The van der Waals surface area contributed by atoms with E-state index in [1.54, 1.807) is 36.4 Å². The van der Waals surface area contributed by atoms with Gasteiger partial charge in [-0.3, -0.25) is 14.4 Å². The van der Waals surface area contributed by atoms with Crippen molar-refractivity contribution in [1.29, 1.82) is 0 Å². The predicted molar refractivity (Wildman–Crippen MR) is 119 cm³/mol. The number of unbranched alkanes of at least 4 members (excludes halogenated alkanes) is 1. The van der Waals surface area contributed by atoms with E-state index in [0.29, 0.717) is 5.75 Å². The Morgan fingerprint density at radius 1 is 0.900 bits per heavy atom. The number of ketones is 2. The van der Waals surface area contributed by atoms with Gasteiger partial charge in [-0.05, 0) is 53.8 Å². The molecule has 0 aliphatic rings. The van der Waals surface area contributed by atoms with Crippen molar-refractivity contribution in [2.75, 3.05) is 0 Å². The third-order valence-electron chi connectivity index (χ3n) is 4.18. The van der Waals surface area contributed by atoms with Crippen LogP contribution in [0.25, 0.3) is 12.2 Å². The number of rotatable bonds is 10. The van der Waals surface area contributed by atoms with Gasteiger partial charge < -0.3 is 4.74 Å². The minimum Gasteiger partial charge on any atom is -0.427 e. The van der Waals surface area contributed by atoms with E-state index in [4.69, 9.17) is 11.2 Å². The highest BCUT2D eigenvalue weighted by atomic mass is 16.5. The summed E-state index contributed by atoms with van der Waals surface area (Å²) in [5.41, 5.74) is 2.87. The lowest BCUT2D eigenvalue weighted by atomic mass is 10.1. The lowest BCUT2D eigenvalue weighted by Gasteiger charge is -2.00. The van der Waals surface area contributed by atoms with Crippen molar-refractivity contribution in [2.24, 2.45) is 0 Å². The highest BCUT2D eigenvalue weighted by molar-refractivity contribution is 6.10. The first kappa shape index (κ1) is 22.6. The summed E-state index contributed by atoms with van der Waals surface area (Å²) in [6.45, 7) is 1.33. The van der Waals surface area contributed by atoms with E-state index < -0.39 is 5.97 Å². The lowest BCUT2D eigenvalue weighted by Crippen LogP contribution is -2.02. The molecule has 0 spiro atoms. The fraction of sp³-hybridized carbons (Fsp3) is 0.192. The molecule has 4 nitrogen and oxygen atoms in total. The monoisotopic (exact) mass is 400 g/mol. The molecule has 0 fully saturated rings. The number of hydrogen-bond donors (Lipinski definition) is 0. The van der Waals surface area contributed by atoms with Gasteiger partial charge in [0.1, 0.15) is 5.75 Å². The maximum Gasteiger partial charge on any atom is 0.308 e. The Morgan fingerprint density at radius 3 is 1.93 bits per heavy atom. The molecular weight excluding hydrogens is 376 g/mol. The fourth-order valence-electron chi connectivity index (χ4n) is 2.67. The van der Waals surface area contributed by atoms with E-state index in [0.717, 1.165) is 30.4 Å². The number of ether oxygens (including phenoxy) is 1. The summed E-state index contributed by atoms with van der Waals surface area (Å²) in [5, 5.41) is 0. The average Bonchev–Trinajstić information content (AvgIpc) is 2.72. The van der Waals surface area contributed by atoms with Gasteiger partial charge >= 0.3 is 5.97 Å². The van der Waals surface area contributed by atoms with Crippen LogP contribution < -0.4 is 4.74 Å². The minimum absolute atomic E-state index is 0.192. The Bertz CT molecular complexity index is 971. The van der Waals surface area contributed by atoms with Crippen molar-refractivity contribution < 1.29 is 19.1 Å². The number of esters is 1. The van der Waals surface area contributed by atoms with Crippen LogP contribution in [0.15, 0.2) is 60.7 Å². The summed E-state index contributed by atoms with van der Waals surface area (Å²) in [6.07, 6.45) is 13.8. The quantitative estimate of drug-likeness (QED) is 0.143. The van der Waals surface area contributed by atoms with Gasteiger partial charge in [0.2, 0.25) is 0 Å². The molecule has 0 bridgehead atoms. The highest BCUT2D eigenvalue weighted by Crippen LogP contribution is 2.14. The van der Waals surface area contributed by atoms with Crippen LogP contribution in [0, 0.1) is 12.3 Å². The first-order valence-electron chi connectivity index (χ1n) is 9.69. The molecule has 0 unspecified atom stereocenters. The second-order valence-corrected chi connectivity index (χ2v) is 6.74. The molecule has 30 heavy (non-hydrogen) atoms. The van der Waals surface area contributed by atoms with E-state index in [2.05, 4.69) is 5.92 Å². The minimum atomic E-state index is -0.393. The van der Waals surface area contributed by atoms with E-state index in [1.807, 2.05) is 24.3 Å². The molecule has 2 aromatic rings. The standard InChI is InChI=1S/C26H24O4/c1-3-4-5-6-21-7-9-22(10-8-21)11-15-24(28)19-25(29)16-12-23-13-17-26(18-14-23)30-20(2)27/h1,7-18H,4-6,19H2,2H3. The van der Waals surface area contributed by atoms with E-state index >= 15 is 0 Å². The van der Waals surface area contributed by atoms with E-state index in [1.165, 1.54) is 24.6 Å². The zero-order chi connectivity index (χ0) is 21.8. The molecule has 0 aromatic heterocycles. The summed E-state index contributed by atoms with van der Waals surface area (Å²) in [7, 11) is 0. The van der Waals surface area contributed by atoms with Gasteiger partial charge in [0.15, 0.2) is 11.6 Å². The highest BCUT2D eigenvalue weighted by Gasteiger charge is 2.04. The molecule has 2 rings (SSSR count). The largest absolute Gasteiger partial charge is 0.427 e. The van der Waals surface area contributed by atoms with Gasteiger partial charge in [-0.2, -0.15) is 0 Å². The van der Waals surface area contributed by atoms with Gasteiger partial charge in [-0.15, -0.1) is 12.3 Å². The van der Waals surface area contributed by atoms with E-state index in [-0.39, 0.29) is 18.0 Å². The maximum atomic E-state index is 12.0. The van der Waals surface area contributed by atoms with Crippen molar-refractivity contribution in [3.63, 3.8) is 0 Å². The molecule has 0 aliphatic heterocycles. The predicted octanol–water partition coefficient (Wildman–Crippen LogP) is 4.82. The molecule has 0 amide bonds. The molecule has 0 saturated heterocycles. The van der Waals surface area contributed by atoms with Crippen LogP contribution in [0.2, 0.25) is 0 Å². The van der Waals surface area contributed by atoms with Crippen molar-refractivity contribution >= 4 is 29.7 Å². The van der Waals surface area contributed by atoms with Crippen molar-refractivity contribution in [3.05, 3.63) is 77.4 Å². The molecular formula is C26H24O4. The second-order valence-electron chi connectivity index (χ2n) is 6.74. The maximum absolute atomic E-state index is 12.0. The Balaban J connectivity index is 1.82. The van der Waals surface area contributed by atoms with Gasteiger partial charge in [0.25, 0.3) is 0 Å². The Labute approximate surface area is 177 Å². The normalized spacial score (nSPS) is 10.8. The fourth-order valence-corrected chi connectivity index (χ4v) is 2.67. The SMILES string of the molecule is C#CCCCc1ccc(C=CC(=O)CC(=O)C=Cc2ccc(OC(C)=O)cc2)cc1. The molecule has 0 radical (unpaired) electrons. The third kappa shape index (κ3) is 8.53. The molecule has 0 N–H and O–H groups in total. The van der Waals surface area contributed by atoms with Gasteiger partial charge in [-0.25, -0.2) is 0 Å². The Hall–Kier alpha value is -3.71. The molecule has 0 aliphatic carbocycles. The number of aryl methyl sites for hydroxylation is 1. The molecule has 152 valence electrons. The van der Waals surface area contributed by atoms with Crippen molar-refractivity contribution in [2.45, 2.75) is 32.6 Å². The summed E-state index contributed by atoms with van der Waals surface area (Å²) >= 11 is 0. The van der Waals surface area contributed by atoms with E-state index in [9.17, 15) is 14.4 Å². The smallest absolute Gasteiger partial charge is 0.308 e. The van der Waals surface area contributed by atoms with Crippen molar-refractivity contribution in [3.8, 4) is 18.1 Å². The summed E-state index contributed by atoms with van der Waals surface area (Å²) in [4.78, 5) is 34.9. The number of hydrogen-bond acceptors (Lipinski definition) is 4.